The third-order valence-corrected chi connectivity index (χ3v) is 2.15. The first-order valence-corrected chi connectivity index (χ1v) is 5.08. The molecule has 0 saturated carbocycles. The summed E-state index contributed by atoms with van der Waals surface area (Å²) in [7, 11) is 1.88. The molecular formula is C10H11N5S. The molecule has 0 atom stereocenters. The lowest BCUT2D eigenvalue weighted by Gasteiger charge is -1.95. The molecule has 0 radical (unpaired) electrons. The van der Waals surface area contributed by atoms with Gasteiger partial charge in [-0.3, -0.25) is 10.1 Å². The Morgan fingerprint density at radius 2 is 2.44 bits per heavy atom. The van der Waals surface area contributed by atoms with Crippen LogP contribution >= 0.6 is 12.2 Å². The monoisotopic (exact) mass is 233 g/mol. The Kier molecular flexibility index (Phi) is 2.82. The van der Waals surface area contributed by atoms with Crippen LogP contribution in [0.15, 0.2) is 29.5 Å². The summed E-state index contributed by atoms with van der Waals surface area (Å²) < 4.78 is 1.77. The molecule has 0 aliphatic carbocycles. The molecule has 1 heterocycles. The Hall–Kier alpha value is -1.95. The summed E-state index contributed by atoms with van der Waals surface area (Å²) in [6.07, 6.45) is 3.60. The fraction of sp³-hybridized carbons (Fsp3) is 0.100. The molecule has 16 heavy (non-hydrogen) atoms. The average molecular weight is 233 g/mol. The number of hydrogen-bond donors (Lipinski definition) is 2. The largest absolute Gasteiger partial charge is 0.375 e. The molecule has 5 nitrogen and oxygen atoms in total. The highest BCUT2D eigenvalue weighted by Gasteiger charge is 2.01. The van der Waals surface area contributed by atoms with Crippen molar-refractivity contribution in [3.05, 3.63) is 30.0 Å². The average Bonchev–Trinajstić information content (AvgIpc) is 2.58. The van der Waals surface area contributed by atoms with Crippen molar-refractivity contribution in [2.45, 2.75) is 0 Å². The van der Waals surface area contributed by atoms with Crippen molar-refractivity contribution in [2.75, 3.05) is 0 Å². The van der Waals surface area contributed by atoms with Gasteiger partial charge in [-0.1, -0.05) is 18.2 Å². The smallest absolute Gasteiger partial charge is 0.184 e. The van der Waals surface area contributed by atoms with Crippen molar-refractivity contribution in [2.24, 2.45) is 17.9 Å². The Bertz CT molecular complexity index is 557. The van der Waals surface area contributed by atoms with E-state index in [2.05, 4.69) is 27.8 Å². The van der Waals surface area contributed by atoms with Crippen LogP contribution in [0.3, 0.4) is 0 Å². The SMILES string of the molecule is Cn1cc2cccc(C=NNC(N)=S)c2n1. The number of hydrogen-bond acceptors (Lipinski definition) is 3. The van der Waals surface area contributed by atoms with E-state index in [1.165, 1.54) is 0 Å². The van der Waals surface area contributed by atoms with Gasteiger partial charge < -0.3 is 5.73 Å². The molecule has 82 valence electrons. The second-order valence-corrected chi connectivity index (χ2v) is 3.76. The lowest BCUT2D eigenvalue weighted by atomic mass is 10.2. The summed E-state index contributed by atoms with van der Waals surface area (Å²) in [6, 6.07) is 5.88. The third-order valence-electron chi connectivity index (χ3n) is 2.06. The van der Waals surface area contributed by atoms with E-state index in [1.807, 2.05) is 31.4 Å². The number of thiocarbonyl (C=S) groups is 1. The molecule has 6 heteroatoms. The molecular weight excluding hydrogens is 222 g/mol. The highest BCUT2D eigenvalue weighted by atomic mass is 32.1. The van der Waals surface area contributed by atoms with Gasteiger partial charge in [-0.15, -0.1) is 0 Å². The second kappa shape index (κ2) is 4.28. The van der Waals surface area contributed by atoms with Gasteiger partial charge in [-0.2, -0.15) is 10.2 Å². The molecule has 1 aromatic heterocycles. The van der Waals surface area contributed by atoms with Crippen LogP contribution in [0.5, 0.6) is 0 Å². The number of nitrogens with one attached hydrogen (secondary N) is 1. The van der Waals surface area contributed by atoms with Crippen LogP contribution in [0.4, 0.5) is 0 Å². The molecule has 3 N–H and O–H groups in total. The van der Waals surface area contributed by atoms with Crippen molar-refractivity contribution in [1.82, 2.24) is 15.2 Å². The van der Waals surface area contributed by atoms with Crippen LogP contribution in [0.1, 0.15) is 5.56 Å². The molecule has 2 aromatic rings. The van der Waals surface area contributed by atoms with Crippen molar-refractivity contribution < 1.29 is 0 Å². The van der Waals surface area contributed by atoms with Gasteiger partial charge in [0.25, 0.3) is 0 Å². The molecule has 2 rings (SSSR count). The van der Waals surface area contributed by atoms with Gasteiger partial charge in [-0.05, 0) is 12.2 Å². The molecule has 0 aliphatic heterocycles. The van der Waals surface area contributed by atoms with Crippen molar-refractivity contribution in [3.63, 3.8) is 0 Å². The number of nitrogens with two attached hydrogens (primary N) is 1. The maximum absolute atomic E-state index is 5.26. The minimum Gasteiger partial charge on any atom is -0.375 e. The van der Waals surface area contributed by atoms with Crippen LogP contribution < -0.4 is 11.2 Å². The van der Waals surface area contributed by atoms with Gasteiger partial charge in [0.15, 0.2) is 5.11 Å². The predicted octanol–water partition coefficient (Wildman–Crippen LogP) is 0.740. The lowest BCUT2D eigenvalue weighted by Crippen LogP contribution is -2.24. The van der Waals surface area contributed by atoms with E-state index in [9.17, 15) is 0 Å². The first-order chi connectivity index (χ1) is 7.66. The van der Waals surface area contributed by atoms with E-state index in [-0.39, 0.29) is 5.11 Å². The standard InChI is InChI=1S/C10H11N5S/c1-15-6-8-4-2-3-7(9(8)14-15)5-12-13-10(11)16/h2-6H,1H3,(H3,11,13,16). The Labute approximate surface area is 97.9 Å². The number of nitrogens with zero attached hydrogens (tertiary/aromatic N) is 3. The van der Waals surface area contributed by atoms with Crippen molar-refractivity contribution in [3.8, 4) is 0 Å². The molecule has 0 unspecified atom stereocenters. The van der Waals surface area contributed by atoms with Crippen molar-refractivity contribution in [1.29, 1.82) is 0 Å². The maximum atomic E-state index is 5.26. The molecule has 0 bridgehead atoms. The molecule has 0 aliphatic rings. The van der Waals surface area contributed by atoms with Crippen LogP contribution in [0, 0.1) is 0 Å². The summed E-state index contributed by atoms with van der Waals surface area (Å²) in [5.74, 6) is 0. The van der Waals surface area contributed by atoms with Crippen LogP contribution in [-0.4, -0.2) is 21.1 Å². The number of aromatic nitrogens is 2. The molecule has 0 amide bonds. The highest BCUT2D eigenvalue weighted by Crippen LogP contribution is 2.14. The molecule has 0 saturated heterocycles. The third kappa shape index (κ3) is 2.17. The van der Waals surface area contributed by atoms with E-state index < -0.39 is 0 Å². The van der Waals surface area contributed by atoms with Gasteiger partial charge in [0, 0.05) is 24.2 Å². The first-order valence-electron chi connectivity index (χ1n) is 4.67. The second-order valence-electron chi connectivity index (χ2n) is 3.32. The summed E-state index contributed by atoms with van der Waals surface area (Å²) in [6.45, 7) is 0. The van der Waals surface area contributed by atoms with Gasteiger partial charge in [-0.25, -0.2) is 0 Å². The van der Waals surface area contributed by atoms with Gasteiger partial charge >= 0.3 is 0 Å². The van der Waals surface area contributed by atoms with E-state index in [0.717, 1.165) is 16.5 Å². The number of benzene rings is 1. The van der Waals surface area contributed by atoms with Crippen LogP contribution in [-0.2, 0) is 7.05 Å². The van der Waals surface area contributed by atoms with E-state index in [0.29, 0.717) is 0 Å². The predicted molar refractivity (Wildman–Crippen MR) is 68.2 cm³/mol. The maximum Gasteiger partial charge on any atom is 0.184 e. The number of fused-ring (bicyclic) bond motifs is 1. The van der Waals surface area contributed by atoms with E-state index in [1.54, 1.807) is 10.9 Å². The zero-order chi connectivity index (χ0) is 11.5. The van der Waals surface area contributed by atoms with Crippen LogP contribution in [0.25, 0.3) is 10.9 Å². The van der Waals surface area contributed by atoms with Crippen LogP contribution in [0.2, 0.25) is 0 Å². The zero-order valence-corrected chi connectivity index (χ0v) is 9.53. The summed E-state index contributed by atoms with van der Waals surface area (Å²) in [5.41, 5.74) is 9.59. The Balaban J connectivity index is 2.36. The summed E-state index contributed by atoms with van der Waals surface area (Å²) >= 11 is 4.64. The summed E-state index contributed by atoms with van der Waals surface area (Å²) in [5, 5.41) is 9.47. The molecule has 0 spiro atoms. The highest BCUT2D eigenvalue weighted by molar-refractivity contribution is 7.80. The number of aryl methyl sites for hydroxylation is 1. The fourth-order valence-electron chi connectivity index (χ4n) is 1.46. The van der Waals surface area contributed by atoms with Gasteiger partial charge in [0.05, 0.1) is 6.21 Å². The van der Waals surface area contributed by atoms with Crippen molar-refractivity contribution >= 4 is 34.4 Å². The minimum atomic E-state index is 0.143. The normalized spacial score (nSPS) is 11.1. The lowest BCUT2D eigenvalue weighted by molar-refractivity contribution is 0.779. The Morgan fingerprint density at radius 1 is 1.62 bits per heavy atom. The molecule has 0 fully saturated rings. The van der Waals surface area contributed by atoms with Gasteiger partial charge in [0.1, 0.15) is 5.52 Å². The zero-order valence-electron chi connectivity index (χ0n) is 8.71. The summed E-state index contributed by atoms with van der Waals surface area (Å²) in [4.78, 5) is 0. The Morgan fingerprint density at radius 3 is 3.19 bits per heavy atom. The number of hydrazone groups is 1. The number of rotatable bonds is 2. The topological polar surface area (TPSA) is 68.2 Å². The fourth-order valence-corrected chi connectivity index (χ4v) is 1.51. The molecule has 1 aromatic carbocycles. The van der Waals surface area contributed by atoms with Gasteiger partial charge in [0.2, 0.25) is 0 Å². The van der Waals surface area contributed by atoms with E-state index >= 15 is 0 Å². The van der Waals surface area contributed by atoms with E-state index in [4.69, 9.17) is 5.73 Å². The minimum absolute atomic E-state index is 0.143. The quantitative estimate of drug-likeness (QED) is 0.456. The first kappa shape index (κ1) is 10.6.